The summed E-state index contributed by atoms with van der Waals surface area (Å²) in [5, 5.41) is 1.21. The van der Waals surface area contributed by atoms with E-state index in [0.717, 1.165) is 10.9 Å². The van der Waals surface area contributed by atoms with Crippen LogP contribution < -0.4 is 0 Å². The molecule has 70 valence electrons. The van der Waals surface area contributed by atoms with Crippen LogP contribution in [0.3, 0.4) is 0 Å². The van der Waals surface area contributed by atoms with Crippen LogP contribution in [0.15, 0.2) is 30.3 Å². The SMILES string of the molecule is CC(=O)c1cc(Cl)nc2ccccc12. The molecule has 2 nitrogen and oxygen atoms in total. The van der Waals surface area contributed by atoms with E-state index in [1.807, 2.05) is 24.3 Å². The molecule has 1 aromatic heterocycles. The molecular weight excluding hydrogens is 198 g/mol. The van der Waals surface area contributed by atoms with E-state index in [-0.39, 0.29) is 5.78 Å². The Morgan fingerprint density at radius 2 is 2.07 bits per heavy atom. The molecule has 0 atom stereocenters. The van der Waals surface area contributed by atoms with E-state index in [1.54, 1.807) is 6.07 Å². The zero-order chi connectivity index (χ0) is 10.1. The van der Waals surface area contributed by atoms with Gasteiger partial charge in [-0.1, -0.05) is 29.8 Å². The first kappa shape index (κ1) is 9.16. The Morgan fingerprint density at radius 3 is 2.79 bits per heavy atom. The largest absolute Gasteiger partial charge is 0.294 e. The number of aromatic nitrogens is 1. The van der Waals surface area contributed by atoms with Gasteiger partial charge in [-0.3, -0.25) is 4.79 Å². The van der Waals surface area contributed by atoms with Crippen molar-refractivity contribution in [3.63, 3.8) is 0 Å². The smallest absolute Gasteiger partial charge is 0.160 e. The number of hydrogen-bond donors (Lipinski definition) is 0. The fourth-order valence-corrected chi connectivity index (χ4v) is 1.63. The van der Waals surface area contributed by atoms with E-state index in [1.165, 1.54) is 6.92 Å². The first-order valence-electron chi connectivity index (χ1n) is 4.25. The fourth-order valence-electron chi connectivity index (χ4n) is 1.43. The molecular formula is C11H8ClNO. The lowest BCUT2D eigenvalue weighted by molar-refractivity contribution is 0.101. The summed E-state index contributed by atoms with van der Waals surface area (Å²) in [5.41, 5.74) is 1.38. The van der Waals surface area contributed by atoms with Gasteiger partial charge < -0.3 is 0 Å². The van der Waals surface area contributed by atoms with Crippen molar-refractivity contribution in [2.75, 3.05) is 0 Å². The number of benzene rings is 1. The number of ketones is 1. The lowest BCUT2D eigenvalue weighted by Crippen LogP contribution is -1.95. The van der Waals surface area contributed by atoms with Crippen molar-refractivity contribution in [3.05, 3.63) is 41.0 Å². The van der Waals surface area contributed by atoms with E-state index < -0.39 is 0 Å². The third kappa shape index (κ3) is 1.49. The van der Waals surface area contributed by atoms with Crippen LogP contribution in [0.1, 0.15) is 17.3 Å². The quantitative estimate of drug-likeness (QED) is 0.529. The maximum Gasteiger partial charge on any atom is 0.160 e. The molecule has 2 rings (SSSR count). The van der Waals surface area contributed by atoms with Gasteiger partial charge in [-0.05, 0) is 19.1 Å². The van der Waals surface area contributed by atoms with E-state index in [0.29, 0.717) is 10.7 Å². The minimum Gasteiger partial charge on any atom is -0.294 e. The minimum atomic E-state index is 0.00509. The second kappa shape index (κ2) is 3.39. The molecule has 0 fully saturated rings. The molecule has 0 spiro atoms. The minimum absolute atomic E-state index is 0.00509. The number of para-hydroxylation sites is 1. The number of carbonyl (C=O) groups excluding carboxylic acids is 1. The summed E-state index contributed by atoms with van der Waals surface area (Å²) in [5.74, 6) is 0.00509. The topological polar surface area (TPSA) is 30.0 Å². The highest BCUT2D eigenvalue weighted by atomic mass is 35.5. The molecule has 1 aromatic carbocycles. The average Bonchev–Trinajstić information content (AvgIpc) is 2.16. The molecule has 0 saturated carbocycles. The summed E-state index contributed by atoms with van der Waals surface area (Å²) >= 11 is 5.80. The van der Waals surface area contributed by atoms with Crippen LogP contribution in [0.5, 0.6) is 0 Å². The van der Waals surface area contributed by atoms with Crippen molar-refractivity contribution in [2.45, 2.75) is 6.92 Å². The molecule has 14 heavy (non-hydrogen) atoms. The maximum absolute atomic E-state index is 11.3. The lowest BCUT2D eigenvalue weighted by atomic mass is 10.1. The second-order valence-corrected chi connectivity index (χ2v) is 3.45. The molecule has 0 unspecified atom stereocenters. The van der Waals surface area contributed by atoms with Gasteiger partial charge in [0, 0.05) is 10.9 Å². The van der Waals surface area contributed by atoms with Gasteiger partial charge in [0.25, 0.3) is 0 Å². The van der Waals surface area contributed by atoms with Gasteiger partial charge in [0.05, 0.1) is 5.52 Å². The summed E-state index contributed by atoms with van der Waals surface area (Å²) in [6.45, 7) is 1.53. The van der Waals surface area contributed by atoms with Crippen molar-refractivity contribution >= 4 is 28.3 Å². The Kier molecular flexibility index (Phi) is 2.22. The predicted molar refractivity (Wildman–Crippen MR) is 56.8 cm³/mol. The normalized spacial score (nSPS) is 10.4. The first-order valence-corrected chi connectivity index (χ1v) is 4.62. The van der Waals surface area contributed by atoms with E-state index in [4.69, 9.17) is 11.6 Å². The lowest BCUT2D eigenvalue weighted by Gasteiger charge is -2.02. The molecule has 0 amide bonds. The number of rotatable bonds is 1. The molecule has 0 bridgehead atoms. The van der Waals surface area contributed by atoms with Gasteiger partial charge in [0.15, 0.2) is 5.78 Å². The molecule has 0 saturated heterocycles. The molecule has 0 aliphatic carbocycles. The predicted octanol–water partition coefficient (Wildman–Crippen LogP) is 3.09. The third-order valence-corrected chi connectivity index (χ3v) is 2.26. The Morgan fingerprint density at radius 1 is 1.36 bits per heavy atom. The zero-order valence-corrected chi connectivity index (χ0v) is 8.38. The summed E-state index contributed by atoms with van der Waals surface area (Å²) in [7, 11) is 0. The molecule has 1 heterocycles. The first-order chi connectivity index (χ1) is 6.68. The van der Waals surface area contributed by atoms with Crippen LogP contribution in [0.2, 0.25) is 5.15 Å². The highest BCUT2D eigenvalue weighted by Gasteiger charge is 2.07. The number of fused-ring (bicyclic) bond motifs is 1. The molecule has 0 N–H and O–H groups in total. The Bertz CT molecular complexity index is 508. The van der Waals surface area contributed by atoms with Crippen molar-refractivity contribution in [1.82, 2.24) is 4.98 Å². The Balaban J connectivity index is 2.87. The number of hydrogen-bond acceptors (Lipinski definition) is 2. The second-order valence-electron chi connectivity index (χ2n) is 3.07. The van der Waals surface area contributed by atoms with Crippen LogP contribution in [0, 0.1) is 0 Å². The van der Waals surface area contributed by atoms with Gasteiger partial charge in [-0.15, -0.1) is 0 Å². The van der Waals surface area contributed by atoms with Crippen molar-refractivity contribution in [1.29, 1.82) is 0 Å². The van der Waals surface area contributed by atoms with E-state index >= 15 is 0 Å². The Labute approximate surface area is 86.5 Å². The van der Waals surface area contributed by atoms with Crippen molar-refractivity contribution in [3.8, 4) is 0 Å². The number of carbonyl (C=O) groups is 1. The fraction of sp³-hybridized carbons (Fsp3) is 0.0909. The van der Waals surface area contributed by atoms with Gasteiger partial charge in [0.2, 0.25) is 0 Å². The number of pyridine rings is 1. The van der Waals surface area contributed by atoms with E-state index in [2.05, 4.69) is 4.98 Å². The Hall–Kier alpha value is -1.41. The molecule has 2 aromatic rings. The van der Waals surface area contributed by atoms with Gasteiger partial charge in [0.1, 0.15) is 5.15 Å². The molecule has 0 aliphatic heterocycles. The zero-order valence-electron chi connectivity index (χ0n) is 7.62. The summed E-state index contributed by atoms with van der Waals surface area (Å²) in [4.78, 5) is 15.5. The molecule has 0 aliphatic rings. The summed E-state index contributed by atoms with van der Waals surface area (Å²) in [6.07, 6.45) is 0. The van der Waals surface area contributed by atoms with Gasteiger partial charge in [-0.2, -0.15) is 0 Å². The van der Waals surface area contributed by atoms with Crippen LogP contribution in [-0.2, 0) is 0 Å². The van der Waals surface area contributed by atoms with Crippen LogP contribution in [-0.4, -0.2) is 10.8 Å². The monoisotopic (exact) mass is 205 g/mol. The van der Waals surface area contributed by atoms with Crippen molar-refractivity contribution < 1.29 is 4.79 Å². The van der Waals surface area contributed by atoms with Gasteiger partial charge >= 0.3 is 0 Å². The standard InChI is InChI=1S/C11H8ClNO/c1-7(14)9-6-11(12)13-10-5-3-2-4-8(9)10/h2-6H,1H3. The maximum atomic E-state index is 11.3. The van der Waals surface area contributed by atoms with Crippen LogP contribution in [0.4, 0.5) is 0 Å². The van der Waals surface area contributed by atoms with E-state index in [9.17, 15) is 4.79 Å². The number of halogens is 1. The third-order valence-electron chi connectivity index (χ3n) is 2.06. The summed E-state index contributed by atoms with van der Waals surface area (Å²) in [6, 6.07) is 9.06. The number of nitrogens with zero attached hydrogens (tertiary/aromatic N) is 1. The van der Waals surface area contributed by atoms with Crippen LogP contribution in [0.25, 0.3) is 10.9 Å². The summed E-state index contributed by atoms with van der Waals surface area (Å²) < 4.78 is 0. The average molecular weight is 206 g/mol. The van der Waals surface area contributed by atoms with Crippen molar-refractivity contribution in [2.24, 2.45) is 0 Å². The number of Topliss-reactive ketones (excluding diaryl/α,β-unsaturated/α-hetero) is 1. The van der Waals surface area contributed by atoms with Gasteiger partial charge in [-0.25, -0.2) is 4.98 Å². The molecule has 0 radical (unpaired) electrons. The van der Waals surface area contributed by atoms with Crippen LogP contribution >= 0.6 is 11.6 Å². The highest BCUT2D eigenvalue weighted by Crippen LogP contribution is 2.20. The molecule has 3 heteroatoms. The highest BCUT2D eigenvalue weighted by molar-refractivity contribution is 6.30.